The molecule has 0 atom stereocenters. The monoisotopic (exact) mass is 231 g/mol. The standard InChI is InChI=1S/C10H5F4NO/c11-9-7(10(12,13)14)4-6(5-15-9)8-2-1-3-16-8/h1-5H. The number of pyridine rings is 1. The van der Waals surface area contributed by atoms with Crippen LogP contribution in [0.4, 0.5) is 17.6 Å². The Kier molecular flexibility index (Phi) is 2.41. The number of hydrogen-bond acceptors (Lipinski definition) is 2. The van der Waals surface area contributed by atoms with E-state index >= 15 is 0 Å². The summed E-state index contributed by atoms with van der Waals surface area (Å²) in [6.07, 6.45) is -2.46. The van der Waals surface area contributed by atoms with Crippen LogP contribution in [0.5, 0.6) is 0 Å². The molecule has 0 N–H and O–H groups in total. The van der Waals surface area contributed by atoms with Crippen molar-refractivity contribution in [2.75, 3.05) is 0 Å². The first kappa shape index (κ1) is 10.7. The molecule has 2 aromatic rings. The molecular weight excluding hydrogens is 226 g/mol. The fourth-order valence-electron chi connectivity index (χ4n) is 1.22. The lowest BCUT2D eigenvalue weighted by Crippen LogP contribution is -2.09. The van der Waals surface area contributed by atoms with Crippen LogP contribution >= 0.6 is 0 Å². The summed E-state index contributed by atoms with van der Waals surface area (Å²) in [5.74, 6) is -1.33. The summed E-state index contributed by atoms with van der Waals surface area (Å²) in [4.78, 5) is 3.05. The van der Waals surface area contributed by atoms with Crippen molar-refractivity contribution in [1.29, 1.82) is 0 Å². The molecule has 0 fully saturated rings. The van der Waals surface area contributed by atoms with Crippen LogP contribution in [-0.4, -0.2) is 4.98 Å². The van der Waals surface area contributed by atoms with Crippen LogP contribution in [-0.2, 0) is 6.18 Å². The Hall–Kier alpha value is -1.85. The second-order valence-corrected chi connectivity index (χ2v) is 3.04. The Morgan fingerprint density at radius 1 is 1.25 bits per heavy atom. The third kappa shape index (κ3) is 1.91. The molecule has 6 heteroatoms. The van der Waals surface area contributed by atoms with Gasteiger partial charge >= 0.3 is 6.18 Å². The van der Waals surface area contributed by atoms with Gasteiger partial charge in [0.25, 0.3) is 0 Å². The molecule has 2 aromatic heterocycles. The highest BCUT2D eigenvalue weighted by molar-refractivity contribution is 5.56. The van der Waals surface area contributed by atoms with E-state index in [1.165, 1.54) is 18.4 Å². The van der Waals surface area contributed by atoms with Crippen LogP contribution in [0.1, 0.15) is 5.56 Å². The zero-order valence-electron chi connectivity index (χ0n) is 7.75. The fraction of sp³-hybridized carbons (Fsp3) is 0.100. The summed E-state index contributed by atoms with van der Waals surface area (Å²) in [7, 11) is 0. The van der Waals surface area contributed by atoms with E-state index < -0.39 is 17.7 Å². The minimum Gasteiger partial charge on any atom is -0.464 e. The quantitative estimate of drug-likeness (QED) is 0.554. The van der Waals surface area contributed by atoms with E-state index in [9.17, 15) is 17.6 Å². The first-order valence-electron chi connectivity index (χ1n) is 4.25. The van der Waals surface area contributed by atoms with E-state index in [1.54, 1.807) is 0 Å². The van der Waals surface area contributed by atoms with Crippen molar-refractivity contribution in [3.8, 4) is 11.3 Å². The van der Waals surface area contributed by atoms with Gasteiger partial charge in [-0.15, -0.1) is 0 Å². The Balaban J connectivity index is 2.52. The maximum absolute atomic E-state index is 12.8. The SMILES string of the molecule is Fc1ncc(-c2ccco2)cc1C(F)(F)F. The molecular formula is C10H5F4NO. The second-order valence-electron chi connectivity index (χ2n) is 3.04. The molecule has 0 saturated heterocycles. The number of alkyl halides is 3. The van der Waals surface area contributed by atoms with Crippen molar-refractivity contribution in [1.82, 2.24) is 4.98 Å². The fourth-order valence-corrected chi connectivity index (χ4v) is 1.22. The van der Waals surface area contributed by atoms with E-state index in [2.05, 4.69) is 4.98 Å². The maximum Gasteiger partial charge on any atom is 0.420 e. The summed E-state index contributed by atoms with van der Waals surface area (Å²) in [5.41, 5.74) is -1.32. The first-order valence-corrected chi connectivity index (χ1v) is 4.25. The van der Waals surface area contributed by atoms with Gasteiger partial charge in [0.2, 0.25) is 5.95 Å². The molecule has 0 bridgehead atoms. The van der Waals surface area contributed by atoms with Crippen molar-refractivity contribution in [2.24, 2.45) is 0 Å². The van der Waals surface area contributed by atoms with Gasteiger partial charge in [-0.3, -0.25) is 0 Å². The van der Waals surface area contributed by atoms with E-state index in [1.807, 2.05) is 0 Å². The normalized spacial score (nSPS) is 11.8. The molecule has 16 heavy (non-hydrogen) atoms. The van der Waals surface area contributed by atoms with Crippen LogP contribution in [0.25, 0.3) is 11.3 Å². The van der Waals surface area contributed by atoms with Gasteiger partial charge in [-0.1, -0.05) is 0 Å². The molecule has 0 aromatic carbocycles. The Morgan fingerprint density at radius 2 is 2.00 bits per heavy atom. The van der Waals surface area contributed by atoms with E-state index in [0.29, 0.717) is 6.07 Å². The van der Waals surface area contributed by atoms with E-state index in [4.69, 9.17) is 4.42 Å². The summed E-state index contributed by atoms with van der Waals surface area (Å²) in [6.45, 7) is 0. The topological polar surface area (TPSA) is 26.0 Å². The highest BCUT2D eigenvalue weighted by Crippen LogP contribution is 2.33. The number of hydrogen-bond donors (Lipinski definition) is 0. The first-order chi connectivity index (χ1) is 7.48. The third-order valence-electron chi connectivity index (χ3n) is 1.95. The lowest BCUT2D eigenvalue weighted by atomic mass is 10.1. The Bertz CT molecular complexity index is 490. The van der Waals surface area contributed by atoms with E-state index in [-0.39, 0.29) is 11.3 Å². The van der Waals surface area contributed by atoms with Gasteiger partial charge in [0.05, 0.1) is 6.26 Å². The number of rotatable bonds is 1. The zero-order chi connectivity index (χ0) is 11.8. The van der Waals surface area contributed by atoms with Gasteiger partial charge in [-0.05, 0) is 18.2 Å². The van der Waals surface area contributed by atoms with Crippen molar-refractivity contribution >= 4 is 0 Å². The second kappa shape index (κ2) is 3.62. The van der Waals surface area contributed by atoms with Crippen LogP contribution < -0.4 is 0 Å². The van der Waals surface area contributed by atoms with Gasteiger partial charge in [0.1, 0.15) is 11.3 Å². The molecule has 0 aliphatic heterocycles. The molecule has 0 amide bonds. The number of halogens is 4. The number of nitrogens with zero attached hydrogens (tertiary/aromatic N) is 1. The summed E-state index contributed by atoms with van der Waals surface area (Å²) < 4.78 is 54.8. The summed E-state index contributed by atoms with van der Waals surface area (Å²) >= 11 is 0. The Labute approximate surface area is 87.5 Å². The van der Waals surface area contributed by atoms with Gasteiger partial charge in [-0.25, -0.2) is 4.98 Å². The average molecular weight is 231 g/mol. The average Bonchev–Trinajstić information content (AvgIpc) is 2.69. The van der Waals surface area contributed by atoms with Crippen molar-refractivity contribution in [3.05, 3.63) is 42.2 Å². The molecule has 2 heterocycles. The summed E-state index contributed by atoms with van der Waals surface area (Å²) in [6, 6.07) is 3.65. The molecule has 0 unspecified atom stereocenters. The predicted octanol–water partition coefficient (Wildman–Crippen LogP) is 3.50. The van der Waals surface area contributed by atoms with Crippen molar-refractivity contribution < 1.29 is 22.0 Å². The van der Waals surface area contributed by atoms with Gasteiger partial charge in [0, 0.05) is 11.8 Å². The minimum atomic E-state index is -4.76. The minimum absolute atomic E-state index is 0.0822. The molecule has 0 radical (unpaired) electrons. The van der Waals surface area contributed by atoms with Crippen LogP contribution in [0.15, 0.2) is 35.1 Å². The highest BCUT2D eigenvalue weighted by Gasteiger charge is 2.35. The molecule has 0 saturated carbocycles. The van der Waals surface area contributed by atoms with Gasteiger partial charge in [0.15, 0.2) is 0 Å². The smallest absolute Gasteiger partial charge is 0.420 e. The molecule has 0 aliphatic carbocycles. The summed E-state index contributed by atoms with van der Waals surface area (Å²) in [5, 5.41) is 0. The number of aromatic nitrogens is 1. The van der Waals surface area contributed by atoms with Crippen LogP contribution in [0.2, 0.25) is 0 Å². The molecule has 84 valence electrons. The third-order valence-corrected chi connectivity index (χ3v) is 1.95. The van der Waals surface area contributed by atoms with Gasteiger partial charge < -0.3 is 4.42 Å². The van der Waals surface area contributed by atoms with Crippen molar-refractivity contribution in [3.63, 3.8) is 0 Å². The lowest BCUT2D eigenvalue weighted by Gasteiger charge is -2.07. The Morgan fingerprint density at radius 3 is 2.56 bits per heavy atom. The zero-order valence-corrected chi connectivity index (χ0v) is 7.75. The van der Waals surface area contributed by atoms with Gasteiger partial charge in [-0.2, -0.15) is 17.6 Å². The lowest BCUT2D eigenvalue weighted by molar-refractivity contribution is -0.140. The predicted molar refractivity (Wildman–Crippen MR) is 46.9 cm³/mol. The van der Waals surface area contributed by atoms with Crippen LogP contribution in [0.3, 0.4) is 0 Å². The number of furan rings is 1. The largest absolute Gasteiger partial charge is 0.464 e. The maximum atomic E-state index is 12.8. The molecule has 0 spiro atoms. The molecule has 2 rings (SSSR count). The molecule has 2 nitrogen and oxygen atoms in total. The highest BCUT2D eigenvalue weighted by atomic mass is 19.4. The van der Waals surface area contributed by atoms with Crippen LogP contribution in [0, 0.1) is 5.95 Å². The van der Waals surface area contributed by atoms with E-state index in [0.717, 1.165) is 6.20 Å². The van der Waals surface area contributed by atoms with Crippen molar-refractivity contribution in [2.45, 2.75) is 6.18 Å². The molecule has 0 aliphatic rings.